The van der Waals surface area contributed by atoms with Gasteiger partial charge >= 0.3 is 0 Å². The fraction of sp³-hybridized carbons (Fsp3) is 0.500. The number of nitrogens with zero attached hydrogens (tertiary/aromatic N) is 3. The van der Waals surface area contributed by atoms with Crippen LogP contribution in [0.15, 0.2) is 18.3 Å². The van der Waals surface area contributed by atoms with Crippen LogP contribution in [-0.2, 0) is 0 Å². The standard InChI is InChI=1S/C12H15N3O/c1-2-5-12(16)8-15(9-12)11-10(7-13)4-3-6-14-11/h3-4,6,16H,2,5,8-9H2,1H3. The molecule has 1 aromatic heterocycles. The molecule has 0 aliphatic carbocycles. The summed E-state index contributed by atoms with van der Waals surface area (Å²) in [6.45, 7) is 3.21. The molecule has 0 bridgehead atoms. The van der Waals surface area contributed by atoms with Crippen LogP contribution in [0.3, 0.4) is 0 Å². The number of hydrogen-bond donors (Lipinski definition) is 1. The van der Waals surface area contributed by atoms with Crippen LogP contribution in [0.25, 0.3) is 0 Å². The zero-order chi connectivity index (χ0) is 11.6. The molecule has 2 rings (SSSR count). The molecule has 1 fully saturated rings. The van der Waals surface area contributed by atoms with E-state index in [1.807, 2.05) is 4.90 Å². The molecule has 1 N–H and O–H groups in total. The summed E-state index contributed by atoms with van der Waals surface area (Å²) in [5.74, 6) is 0.686. The van der Waals surface area contributed by atoms with Crippen molar-refractivity contribution in [1.29, 1.82) is 5.26 Å². The molecule has 4 nitrogen and oxygen atoms in total. The number of pyridine rings is 1. The Bertz CT molecular complexity index is 419. The Morgan fingerprint density at radius 2 is 2.38 bits per heavy atom. The van der Waals surface area contributed by atoms with E-state index in [-0.39, 0.29) is 0 Å². The molecule has 0 spiro atoms. The highest BCUT2D eigenvalue weighted by atomic mass is 16.3. The molecule has 2 heterocycles. The zero-order valence-corrected chi connectivity index (χ0v) is 9.35. The quantitative estimate of drug-likeness (QED) is 0.829. The fourth-order valence-electron chi connectivity index (χ4n) is 2.17. The maximum atomic E-state index is 10.1. The number of β-amino-alcohol motifs (C(OH)–C–C–N with tert-alkyl or cyclic N) is 1. The lowest BCUT2D eigenvalue weighted by molar-refractivity contribution is 0.00292. The Balaban J connectivity index is 2.10. The van der Waals surface area contributed by atoms with Crippen LogP contribution in [0.2, 0.25) is 0 Å². The molecular formula is C12H15N3O. The number of hydrogen-bond acceptors (Lipinski definition) is 4. The smallest absolute Gasteiger partial charge is 0.146 e. The summed E-state index contributed by atoms with van der Waals surface area (Å²) >= 11 is 0. The largest absolute Gasteiger partial charge is 0.386 e. The molecule has 0 radical (unpaired) electrons. The summed E-state index contributed by atoms with van der Waals surface area (Å²) in [5, 5.41) is 19.0. The Morgan fingerprint density at radius 1 is 1.62 bits per heavy atom. The number of anilines is 1. The minimum atomic E-state index is -0.584. The Morgan fingerprint density at radius 3 is 3.00 bits per heavy atom. The minimum Gasteiger partial charge on any atom is -0.386 e. The van der Waals surface area contributed by atoms with Crippen LogP contribution >= 0.6 is 0 Å². The minimum absolute atomic E-state index is 0.570. The van der Waals surface area contributed by atoms with Crippen molar-refractivity contribution >= 4 is 5.82 Å². The van der Waals surface area contributed by atoms with Crippen LogP contribution in [0.5, 0.6) is 0 Å². The molecule has 4 heteroatoms. The molecule has 0 amide bonds. The van der Waals surface area contributed by atoms with E-state index < -0.39 is 5.60 Å². The normalized spacial score (nSPS) is 17.7. The molecule has 0 atom stereocenters. The van der Waals surface area contributed by atoms with Crippen molar-refractivity contribution in [3.63, 3.8) is 0 Å². The molecule has 1 aliphatic rings. The predicted molar refractivity (Wildman–Crippen MR) is 61.0 cm³/mol. The molecule has 0 unspecified atom stereocenters. The van der Waals surface area contributed by atoms with Gasteiger partial charge in [-0.25, -0.2) is 4.98 Å². The van der Waals surface area contributed by atoms with Gasteiger partial charge in [0.2, 0.25) is 0 Å². The highest BCUT2D eigenvalue weighted by Gasteiger charge is 2.41. The van der Waals surface area contributed by atoms with E-state index in [2.05, 4.69) is 18.0 Å². The van der Waals surface area contributed by atoms with Gasteiger partial charge in [0.25, 0.3) is 0 Å². The van der Waals surface area contributed by atoms with Crippen molar-refractivity contribution in [2.45, 2.75) is 25.4 Å². The van der Waals surface area contributed by atoms with E-state index >= 15 is 0 Å². The van der Waals surface area contributed by atoms with Crippen LogP contribution in [0.4, 0.5) is 5.82 Å². The van der Waals surface area contributed by atoms with E-state index in [9.17, 15) is 5.11 Å². The van der Waals surface area contributed by atoms with Gasteiger partial charge in [-0.15, -0.1) is 0 Å². The maximum absolute atomic E-state index is 10.1. The summed E-state index contributed by atoms with van der Waals surface area (Å²) < 4.78 is 0. The second kappa shape index (κ2) is 4.11. The molecule has 1 saturated heterocycles. The van der Waals surface area contributed by atoms with Gasteiger partial charge in [-0.1, -0.05) is 13.3 Å². The lowest BCUT2D eigenvalue weighted by atomic mass is 9.89. The van der Waals surface area contributed by atoms with Crippen LogP contribution < -0.4 is 4.90 Å². The second-order valence-electron chi connectivity index (χ2n) is 4.32. The third-order valence-corrected chi connectivity index (χ3v) is 2.89. The highest BCUT2D eigenvalue weighted by molar-refractivity contribution is 5.56. The topological polar surface area (TPSA) is 60.1 Å². The molecule has 1 aromatic rings. The zero-order valence-electron chi connectivity index (χ0n) is 9.35. The number of aromatic nitrogens is 1. The Kier molecular flexibility index (Phi) is 2.80. The number of aliphatic hydroxyl groups is 1. The van der Waals surface area contributed by atoms with E-state index in [0.29, 0.717) is 24.5 Å². The van der Waals surface area contributed by atoms with Crippen molar-refractivity contribution in [3.8, 4) is 6.07 Å². The predicted octanol–water partition coefficient (Wildman–Crippen LogP) is 1.30. The van der Waals surface area contributed by atoms with Crippen molar-refractivity contribution in [3.05, 3.63) is 23.9 Å². The third kappa shape index (κ3) is 1.86. The first-order chi connectivity index (χ1) is 7.68. The first-order valence-corrected chi connectivity index (χ1v) is 5.51. The van der Waals surface area contributed by atoms with E-state index in [1.54, 1.807) is 18.3 Å². The number of rotatable bonds is 3. The first kappa shape index (κ1) is 10.9. The van der Waals surface area contributed by atoms with Crippen LogP contribution in [-0.4, -0.2) is 28.8 Å². The molecule has 1 aliphatic heterocycles. The summed E-state index contributed by atoms with van der Waals surface area (Å²) in [6.07, 6.45) is 3.45. The molecule has 84 valence electrons. The van der Waals surface area contributed by atoms with Gasteiger partial charge < -0.3 is 10.0 Å². The lowest BCUT2D eigenvalue weighted by Crippen LogP contribution is -2.62. The average Bonchev–Trinajstić information content (AvgIpc) is 2.26. The van der Waals surface area contributed by atoms with Gasteiger partial charge in [0, 0.05) is 6.20 Å². The van der Waals surface area contributed by atoms with Gasteiger partial charge in [-0.2, -0.15) is 5.26 Å². The average molecular weight is 217 g/mol. The van der Waals surface area contributed by atoms with Gasteiger partial charge in [0.15, 0.2) is 0 Å². The highest BCUT2D eigenvalue weighted by Crippen LogP contribution is 2.31. The van der Waals surface area contributed by atoms with Crippen molar-refractivity contribution in [1.82, 2.24) is 4.98 Å². The van der Waals surface area contributed by atoms with Gasteiger partial charge in [-0.05, 0) is 18.6 Å². The first-order valence-electron chi connectivity index (χ1n) is 5.51. The summed E-state index contributed by atoms with van der Waals surface area (Å²) in [7, 11) is 0. The summed E-state index contributed by atoms with van der Waals surface area (Å²) in [4.78, 5) is 6.14. The monoisotopic (exact) mass is 217 g/mol. The molecule has 16 heavy (non-hydrogen) atoms. The van der Waals surface area contributed by atoms with Crippen molar-refractivity contribution in [2.75, 3.05) is 18.0 Å². The van der Waals surface area contributed by atoms with Gasteiger partial charge in [-0.3, -0.25) is 0 Å². The maximum Gasteiger partial charge on any atom is 0.146 e. The van der Waals surface area contributed by atoms with Gasteiger partial charge in [0.05, 0.1) is 24.3 Å². The third-order valence-electron chi connectivity index (χ3n) is 2.89. The van der Waals surface area contributed by atoms with E-state index in [1.165, 1.54) is 0 Å². The van der Waals surface area contributed by atoms with Gasteiger partial charge in [0.1, 0.15) is 11.9 Å². The Hall–Kier alpha value is -1.60. The molecule has 0 saturated carbocycles. The van der Waals surface area contributed by atoms with E-state index in [0.717, 1.165) is 12.8 Å². The van der Waals surface area contributed by atoms with Crippen molar-refractivity contribution in [2.24, 2.45) is 0 Å². The van der Waals surface area contributed by atoms with Crippen LogP contribution in [0.1, 0.15) is 25.3 Å². The lowest BCUT2D eigenvalue weighted by Gasteiger charge is -2.47. The Labute approximate surface area is 95.1 Å². The van der Waals surface area contributed by atoms with Crippen molar-refractivity contribution < 1.29 is 5.11 Å². The summed E-state index contributed by atoms with van der Waals surface area (Å²) in [5.41, 5.74) is -0.0139. The summed E-state index contributed by atoms with van der Waals surface area (Å²) in [6, 6.07) is 5.62. The second-order valence-corrected chi connectivity index (χ2v) is 4.32. The van der Waals surface area contributed by atoms with Crippen LogP contribution in [0, 0.1) is 11.3 Å². The van der Waals surface area contributed by atoms with E-state index in [4.69, 9.17) is 5.26 Å². The number of nitriles is 1. The fourth-order valence-corrected chi connectivity index (χ4v) is 2.17. The SMILES string of the molecule is CCCC1(O)CN(c2ncccc2C#N)C1. The molecular weight excluding hydrogens is 202 g/mol. The molecule has 0 aromatic carbocycles.